The van der Waals surface area contributed by atoms with Gasteiger partial charge in [0.2, 0.25) is 0 Å². The van der Waals surface area contributed by atoms with Crippen LogP contribution < -0.4 is 0 Å². The third-order valence-electron chi connectivity index (χ3n) is 20.1. The molecule has 7 rings (SSSR count). The second-order valence-electron chi connectivity index (χ2n) is 28.5. The van der Waals surface area contributed by atoms with E-state index in [1.54, 1.807) is 0 Å². The van der Waals surface area contributed by atoms with Crippen molar-refractivity contribution in [3.63, 3.8) is 0 Å². The van der Waals surface area contributed by atoms with E-state index < -0.39 is 33.6 Å². The molecule has 16 nitrogen and oxygen atoms in total. The second kappa shape index (κ2) is 35.8. The van der Waals surface area contributed by atoms with Gasteiger partial charge in [-0.15, -0.1) is 0 Å². The molecule has 0 aliphatic heterocycles. The Balaban J connectivity index is 0.000000573. The third kappa shape index (κ3) is 24.6. The minimum atomic E-state index is -0.548. The summed E-state index contributed by atoms with van der Waals surface area (Å²) in [5.74, 6) is 0.299. The van der Waals surface area contributed by atoms with Crippen molar-refractivity contribution < 1.29 is 76.3 Å². The number of carbonyl (C=O) groups is 8. The lowest BCUT2D eigenvalue weighted by atomic mass is 9.49. The molecule has 7 fully saturated rings. The molecule has 0 saturated heterocycles. The molecule has 7 saturated carbocycles. The van der Waals surface area contributed by atoms with Gasteiger partial charge in [-0.3, -0.25) is 28.8 Å². The molecule has 500 valence electrons. The Bertz CT molecular complexity index is 2090. The van der Waals surface area contributed by atoms with Gasteiger partial charge in [-0.1, -0.05) is 75.7 Å². The number of rotatable bonds is 24. The summed E-state index contributed by atoms with van der Waals surface area (Å²) < 4.78 is 43.3. The number of hydrogen-bond donors (Lipinski definition) is 0. The van der Waals surface area contributed by atoms with E-state index >= 15 is 0 Å². The lowest BCUT2D eigenvalue weighted by Crippen LogP contribution is -2.59. The van der Waals surface area contributed by atoms with Crippen LogP contribution >= 0.6 is 0 Å². The van der Waals surface area contributed by atoms with Crippen molar-refractivity contribution in [1.82, 2.24) is 0 Å². The fourth-order valence-corrected chi connectivity index (χ4v) is 12.6. The fourth-order valence-electron chi connectivity index (χ4n) is 12.6. The van der Waals surface area contributed by atoms with E-state index in [4.69, 9.17) is 37.9 Å². The van der Waals surface area contributed by atoms with Crippen LogP contribution in [0.5, 0.6) is 0 Å². The third-order valence-corrected chi connectivity index (χ3v) is 20.1. The van der Waals surface area contributed by atoms with Crippen molar-refractivity contribution in [2.24, 2.45) is 45.3 Å². The van der Waals surface area contributed by atoms with Crippen LogP contribution in [0.1, 0.15) is 305 Å². The first-order valence-electron chi connectivity index (χ1n) is 32.8. The van der Waals surface area contributed by atoms with Crippen molar-refractivity contribution in [2.75, 3.05) is 26.4 Å². The molecule has 0 amide bonds. The van der Waals surface area contributed by atoms with Crippen LogP contribution in [0.25, 0.3) is 0 Å². The summed E-state index contributed by atoms with van der Waals surface area (Å²) in [6.07, 6.45) is 26.9. The minimum Gasteiger partial charge on any atom is -0.465 e. The summed E-state index contributed by atoms with van der Waals surface area (Å²) in [5.41, 5.74) is -3.35. The molecule has 0 N–H and O–H groups in total. The first-order valence-corrected chi connectivity index (χ1v) is 32.8. The number of ether oxygens (including phenoxy) is 8. The SMILES string of the molecule is C.C.CCC(C)(C)C(=O)OCC(=O)OC1(C)CCCCC1.CCC(C)(C)C(=O)OCCC(=O)OC1(C)CCCCC1.CCC(C)(C)C(=O)OCCC(=O)OC1(CC)C2CC3CC(C2)CC1C3.CCC1(OC(=O)COC(=O)C(C)(C)CC)CCCCC1. The Hall–Kier alpha value is -4.24. The molecule has 0 radical (unpaired) electrons. The van der Waals surface area contributed by atoms with Crippen LogP contribution in [0.2, 0.25) is 0 Å². The number of esters is 8. The minimum absolute atomic E-state index is 0. The molecule has 4 bridgehead atoms. The van der Waals surface area contributed by atoms with Gasteiger partial charge in [0.1, 0.15) is 35.6 Å². The summed E-state index contributed by atoms with van der Waals surface area (Å²) in [4.78, 5) is 95.2. The molecule has 0 aromatic rings. The molecule has 0 aromatic carbocycles. The van der Waals surface area contributed by atoms with Crippen molar-refractivity contribution >= 4 is 47.8 Å². The largest absolute Gasteiger partial charge is 0.465 e. The number of carbonyl (C=O) groups excluding carboxylic acids is 8. The normalized spacial score (nSPS) is 23.3. The maximum Gasteiger partial charge on any atom is 0.344 e. The molecule has 0 unspecified atom stereocenters. The molecular weight excluding hydrogens is 1100 g/mol. The quantitative estimate of drug-likeness (QED) is 0.0650. The Morgan fingerprint density at radius 2 is 0.674 bits per heavy atom. The maximum atomic E-state index is 12.5. The summed E-state index contributed by atoms with van der Waals surface area (Å²) in [6, 6.07) is 0. The standard InChI is InChI=1S/C21H34O4.2C16H28O4.C15H26O4.2CH4/c1-5-20(3,4)19(23)24-8-7-18(22)25-21(6-2)16-10-14-9-15(12-16)13-17(21)11-14;1-5-15(2,3)14(18)19-12-9-13(17)20-16(4)10-7-6-8-11-16;1-5-15(3,4)14(18)19-12-13(17)20-16(6-2)10-8-7-9-11-16;1-5-14(2,3)13(17)18-11-12(16)19-15(4)9-7-6-8-10-15;;/h14-17H,5-13H2,1-4H3;2*5-12H2,1-4H3;5-11H2,1-4H3;2*1H4. The van der Waals surface area contributed by atoms with Crippen LogP contribution in [0.3, 0.4) is 0 Å². The van der Waals surface area contributed by atoms with E-state index in [9.17, 15) is 38.4 Å². The zero-order chi connectivity index (χ0) is 63.2. The summed E-state index contributed by atoms with van der Waals surface area (Å²) >= 11 is 0. The topological polar surface area (TPSA) is 210 Å². The van der Waals surface area contributed by atoms with Gasteiger partial charge in [0.25, 0.3) is 0 Å². The van der Waals surface area contributed by atoms with Crippen molar-refractivity contribution in [1.29, 1.82) is 0 Å². The van der Waals surface area contributed by atoms with Gasteiger partial charge in [-0.25, -0.2) is 9.59 Å². The van der Waals surface area contributed by atoms with Gasteiger partial charge in [-0.2, -0.15) is 0 Å². The zero-order valence-electron chi connectivity index (χ0n) is 55.5. The first-order chi connectivity index (χ1) is 39.2. The molecule has 7 aliphatic carbocycles. The van der Waals surface area contributed by atoms with E-state index in [1.807, 2.05) is 104 Å². The average molecular weight is 1220 g/mol. The van der Waals surface area contributed by atoms with E-state index in [2.05, 4.69) is 6.92 Å². The highest BCUT2D eigenvalue weighted by Gasteiger charge is 2.58. The predicted octanol–water partition coefficient (Wildman–Crippen LogP) is 16.3. The van der Waals surface area contributed by atoms with Crippen LogP contribution in [0.4, 0.5) is 0 Å². The second-order valence-corrected chi connectivity index (χ2v) is 28.5. The molecule has 7 aliphatic rings. The maximum absolute atomic E-state index is 12.5. The zero-order valence-corrected chi connectivity index (χ0v) is 55.5. The van der Waals surface area contributed by atoms with Crippen molar-refractivity contribution in [3.8, 4) is 0 Å². The molecule has 0 spiro atoms. The molecule has 0 heterocycles. The smallest absolute Gasteiger partial charge is 0.344 e. The summed E-state index contributed by atoms with van der Waals surface area (Å²) in [7, 11) is 0. The lowest BCUT2D eigenvalue weighted by molar-refractivity contribution is -0.211. The highest BCUT2D eigenvalue weighted by molar-refractivity contribution is 5.81. The lowest BCUT2D eigenvalue weighted by Gasteiger charge is -2.60. The van der Waals surface area contributed by atoms with Crippen LogP contribution in [-0.4, -0.2) is 96.6 Å². The van der Waals surface area contributed by atoms with E-state index in [0.29, 0.717) is 31.1 Å². The van der Waals surface area contributed by atoms with Gasteiger partial charge in [0.05, 0.1) is 34.5 Å². The fraction of sp³-hybridized carbons (Fsp3) is 0.886. The van der Waals surface area contributed by atoms with Gasteiger partial charge in [0.15, 0.2) is 13.2 Å². The Labute approximate surface area is 521 Å². The van der Waals surface area contributed by atoms with E-state index in [-0.39, 0.29) is 112 Å². The summed E-state index contributed by atoms with van der Waals surface area (Å²) in [5, 5.41) is 0. The van der Waals surface area contributed by atoms with Gasteiger partial charge >= 0.3 is 47.8 Å². The summed E-state index contributed by atoms with van der Waals surface area (Å²) in [6.45, 7) is 30.3. The highest BCUT2D eigenvalue weighted by atomic mass is 16.6. The van der Waals surface area contributed by atoms with Crippen molar-refractivity contribution in [2.45, 2.75) is 328 Å². The number of hydrogen-bond acceptors (Lipinski definition) is 16. The Morgan fingerprint density at radius 1 is 0.372 bits per heavy atom. The molecule has 16 heteroatoms. The van der Waals surface area contributed by atoms with Crippen LogP contribution in [-0.2, 0) is 76.3 Å². The predicted molar refractivity (Wildman–Crippen MR) is 336 cm³/mol. The van der Waals surface area contributed by atoms with Crippen LogP contribution in [0, 0.1) is 45.3 Å². The highest BCUT2D eigenvalue weighted by Crippen LogP contribution is 2.60. The van der Waals surface area contributed by atoms with Crippen molar-refractivity contribution in [3.05, 3.63) is 0 Å². The average Bonchev–Trinajstić information content (AvgIpc) is 0.772. The first kappa shape index (κ1) is 79.8. The molecular formula is C70H124O16. The van der Waals surface area contributed by atoms with Gasteiger partial charge in [0, 0.05) is 0 Å². The Morgan fingerprint density at radius 3 is 1.00 bits per heavy atom. The molecule has 86 heavy (non-hydrogen) atoms. The van der Waals surface area contributed by atoms with E-state index in [1.165, 1.54) is 51.4 Å². The van der Waals surface area contributed by atoms with Crippen LogP contribution in [0.15, 0.2) is 0 Å². The van der Waals surface area contributed by atoms with Gasteiger partial charge in [-0.05, 0) is 241 Å². The molecule has 0 atom stereocenters. The van der Waals surface area contributed by atoms with E-state index in [0.717, 1.165) is 108 Å². The molecule has 0 aromatic heterocycles. The monoisotopic (exact) mass is 1220 g/mol. The van der Waals surface area contributed by atoms with Gasteiger partial charge < -0.3 is 37.9 Å². The Kier molecular flexibility index (Phi) is 33.2.